The van der Waals surface area contributed by atoms with Gasteiger partial charge in [-0.15, -0.1) is 0 Å². The predicted molar refractivity (Wildman–Crippen MR) is 76.8 cm³/mol. The monoisotopic (exact) mass is 255 g/mol. The number of hydrogen-bond donors (Lipinski definition) is 2. The molecule has 2 N–H and O–H groups in total. The Hall–Kier alpha value is 0.0969. The number of nitrogens with zero attached hydrogens (tertiary/aromatic N) is 1. The highest BCUT2D eigenvalue weighted by atomic mass is 28.1. The summed E-state index contributed by atoms with van der Waals surface area (Å²) in [5.74, 6) is 1.87. The zero-order valence-corrected chi connectivity index (χ0v) is 13.8. The summed E-state index contributed by atoms with van der Waals surface area (Å²) in [4.78, 5) is 0. The molecule has 2 fully saturated rings. The summed E-state index contributed by atoms with van der Waals surface area (Å²) >= 11 is 0. The van der Waals surface area contributed by atoms with Gasteiger partial charge in [0.2, 0.25) is 0 Å². The zero-order valence-electron chi connectivity index (χ0n) is 11.8. The maximum absolute atomic E-state index is 3.82. The van der Waals surface area contributed by atoms with Crippen LogP contribution in [-0.2, 0) is 0 Å². The molecule has 100 valence electrons. The van der Waals surface area contributed by atoms with E-state index >= 15 is 0 Å². The Morgan fingerprint density at radius 2 is 1.94 bits per heavy atom. The molecule has 0 amide bonds. The molecular weight excluding hydrogens is 226 g/mol. The highest BCUT2D eigenvalue weighted by molar-refractivity contribution is 6.15. The van der Waals surface area contributed by atoms with Crippen molar-refractivity contribution in [2.75, 3.05) is 19.6 Å². The van der Waals surface area contributed by atoms with E-state index in [1.165, 1.54) is 48.9 Å². The van der Waals surface area contributed by atoms with E-state index in [-0.39, 0.29) is 0 Å². The van der Waals surface area contributed by atoms with Crippen molar-refractivity contribution >= 4 is 10.2 Å². The second-order valence-corrected chi connectivity index (χ2v) is 7.31. The lowest BCUT2D eigenvalue weighted by Crippen LogP contribution is -2.71. The number of fused-ring (bicyclic) bond motifs is 1. The van der Waals surface area contributed by atoms with E-state index in [2.05, 4.69) is 29.6 Å². The molecule has 3 nitrogen and oxygen atoms in total. The van der Waals surface area contributed by atoms with Crippen LogP contribution in [0.2, 0.25) is 0 Å². The average Bonchev–Trinajstić information content (AvgIpc) is 2.34. The fourth-order valence-corrected chi connectivity index (χ4v) is 5.53. The van der Waals surface area contributed by atoms with Gasteiger partial charge in [-0.2, -0.15) is 0 Å². The number of hydrazine groups is 1. The van der Waals surface area contributed by atoms with Crippen molar-refractivity contribution in [3.8, 4) is 0 Å². The Morgan fingerprint density at radius 1 is 1.18 bits per heavy atom. The quantitative estimate of drug-likeness (QED) is 0.723. The third-order valence-corrected chi connectivity index (χ3v) is 6.43. The molecule has 0 spiro atoms. The van der Waals surface area contributed by atoms with Gasteiger partial charge < -0.3 is 5.32 Å². The summed E-state index contributed by atoms with van der Waals surface area (Å²) in [5.41, 5.74) is 3.60. The van der Waals surface area contributed by atoms with Crippen molar-refractivity contribution in [3.05, 3.63) is 0 Å². The van der Waals surface area contributed by atoms with Crippen LogP contribution in [0.1, 0.15) is 46.0 Å². The Balaban J connectivity index is 2.15. The normalized spacial score (nSPS) is 39.2. The van der Waals surface area contributed by atoms with E-state index in [1.807, 2.05) is 0 Å². The largest absolute Gasteiger partial charge is 0.302 e. The third kappa shape index (κ3) is 2.60. The van der Waals surface area contributed by atoms with Gasteiger partial charge in [0.15, 0.2) is 0 Å². The van der Waals surface area contributed by atoms with Crippen molar-refractivity contribution < 1.29 is 0 Å². The second kappa shape index (κ2) is 5.82. The lowest BCUT2D eigenvalue weighted by molar-refractivity contribution is -0.0534. The first-order chi connectivity index (χ1) is 8.22. The van der Waals surface area contributed by atoms with E-state index in [4.69, 9.17) is 0 Å². The summed E-state index contributed by atoms with van der Waals surface area (Å²) in [7, 11) is 1.21. The van der Waals surface area contributed by atoms with Crippen LogP contribution in [0.5, 0.6) is 0 Å². The van der Waals surface area contributed by atoms with Crippen LogP contribution in [0, 0.1) is 11.8 Å². The van der Waals surface area contributed by atoms with Crippen molar-refractivity contribution in [1.29, 1.82) is 0 Å². The fraction of sp³-hybridized carbons (Fsp3) is 1.00. The summed E-state index contributed by atoms with van der Waals surface area (Å²) < 4.78 is 0. The van der Waals surface area contributed by atoms with E-state index in [9.17, 15) is 0 Å². The highest BCUT2D eigenvalue weighted by Crippen LogP contribution is 2.42. The molecule has 4 heteroatoms. The lowest BCUT2D eigenvalue weighted by Gasteiger charge is -2.55. The number of rotatable bonds is 4. The molecule has 1 heterocycles. The second-order valence-electron chi connectivity index (χ2n) is 5.78. The molecule has 0 aromatic heterocycles. The fourth-order valence-electron chi connectivity index (χ4n) is 4.04. The molecule has 2 aliphatic rings. The van der Waals surface area contributed by atoms with Crippen LogP contribution in [0.15, 0.2) is 0 Å². The van der Waals surface area contributed by atoms with Crippen LogP contribution in [0.3, 0.4) is 0 Å². The van der Waals surface area contributed by atoms with E-state index in [0.29, 0.717) is 5.29 Å². The van der Waals surface area contributed by atoms with Crippen LogP contribution in [-0.4, -0.2) is 40.2 Å². The van der Waals surface area contributed by atoms with Crippen LogP contribution in [0.4, 0.5) is 0 Å². The topological polar surface area (TPSA) is 27.3 Å². The van der Waals surface area contributed by atoms with Gasteiger partial charge in [0.25, 0.3) is 0 Å². The minimum atomic E-state index is 0.300. The minimum Gasteiger partial charge on any atom is -0.302 e. The van der Waals surface area contributed by atoms with Gasteiger partial charge >= 0.3 is 0 Å². The van der Waals surface area contributed by atoms with Gasteiger partial charge in [0.1, 0.15) is 0 Å². The Morgan fingerprint density at radius 3 is 2.65 bits per heavy atom. The SMILES string of the molecule is CCNN1CCC2CCCCC2C1([SiH3])NCC. The first-order valence-electron chi connectivity index (χ1n) is 7.48. The summed E-state index contributed by atoms with van der Waals surface area (Å²) in [6, 6.07) is 0. The van der Waals surface area contributed by atoms with Gasteiger partial charge in [-0.1, -0.05) is 33.1 Å². The molecule has 1 aliphatic heterocycles. The van der Waals surface area contributed by atoms with Crippen molar-refractivity contribution in [2.45, 2.75) is 51.2 Å². The molecule has 3 unspecified atom stereocenters. The third-order valence-electron chi connectivity index (χ3n) is 4.80. The van der Waals surface area contributed by atoms with E-state index in [1.54, 1.807) is 0 Å². The zero-order chi connectivity index (χ0) is 12.3. The Kier molecular flexibility index (Phi) is 4.63. The first kappa shape index (κ1) is 13.5. The van der Waals surface area contributed by atoms with E-state index < -0.39 is 0 Å². The molecule has 0 aromatic carbocycles. The molecule has 1 saturated carbocycles. The molecule has 2 rings (SSSR count). The summed E-state index contributed by atoms with van der Waals surface area (Å²) in [5, 5.41) is 6.66. The van der Waals surface area contributed by atoms with Crippen molar-refractivity contribution in [3.63, 3.8) is 0 Å². The van der Waals surface area contributed by atoms with Gasteiger partial charge in [-0.3, -0.25) is 5.43 Å². The smallest absolute Gasteiger partial charge is 0.0661 e. The maximum atomic E-state index is 3.82. The average molecular weight is 255 g/mol. The van der Waals surface area contributed by atoms with Gasteiger partial charge in [-0.05, 0) is 31.2 Å². The van der Waals surface area contributed by atoms with Crippen LogP contribution < -0.4 is 10.7 Å². The maximum Gasteiger partial charge on any atom is 0.0661 e. The van der Waals surface area contributed by atoms with Gasteiger partial charge in [-0.25, -0.2) is 5.01 Å². The molecule has 1 saturated heterocycles. The molecular formula is C13H29N3Si. The molecule has 3 atom stereocenters. The summed E-state index contributed by atoms with van der Waals surface area (Å²) in [6.45, 7) is 7.82. The number of hydrogen-bond acceptors (Lipinski definition) is 3. The molecule has 17 heavy (non-hydrogen) atoms. The van der Waals surface area contributed by atoms with Gasteiger partial charge in [0, 0.05) is 23.3 Å². The minimum absolute atomic E-state index is 0.300. The Labute approximate surface area is 109 Å². The lowest BCUT2D eigenvalue weighted by atomic mass is 9.73. The highest BCUT2D eigenvalue weighted by Gasteiger charge is 2.46. The van der Waals surface area contributed by atoms with E-state index in [0.717, 1.165) is 24.9 Å². The van der Waals surface area contributed by atoms with Crippen LogP contribution >= 0.6 is 0 Å². The predicted octanol–water partition coefficient (Wildman–Crippen LogP) is 0.652. The first-order valence-corrected chi connectivity index (χ1v) is 8.48. The standard InChI is InChI=1S/C13H29N3Si/c1-3-14-13(17)12-8-6-5-7-11(12)9-10-16(13)15-4-2/h11-12,14-15H,3-10H2,1-2,17H3. The molecule has 0 bridgehead atoms. The van der Waals surface area contributed by atoms with Crippen molar-refractivity contribution in [2.24, 2.45) is 11.8 Å². The molecule has 0 radical (unpaired) electrons. The van der Waals surface area contributed by atoms with Gasteiger partial charge in [0.05, 0.1) is 5.29 Å². The molecule has 0 aromatic rings. The number of piperidine rings is 1. The summed E-state index contributed by atoms with van der Waals surface area (Å²) in [6.07, 6.45) is 7.21. The number of nitrogens with one attached hydrogen (secondary N) is 2. The van der Waals surface area contributed by atoms with Crippen molar-refractivity contribution in [1.82, 2.24) is 15.8 Å². The van der Waals surface area contributed by atoms with Crippen LogP contribution in [0.25, 0.3) is 0 Å². The Bertz CT molecular complexity index is 249. The molecule has 1 aliphatic carbocycles.